The topological polar surface area (TPSA) is 57.6 Å². The molecule has 6 heteroatoms. The van der Waals surface area contributed by atoms with Gasteiger partial charge in [0.2, 0.25) is 5.91 Å². The molecule has 96 valence electrons. The SMILES string of the molecule is CC1(C(=O)N2CCCC(C(=O)O)C2)CC1(F)F. The summed E-state index contributed by atoms with van der Waals surface area (Å²) in [4.78, 5) is 24.0. The second-order valence-corrected chi connectivity index (χ2v) is 5.14. The molecule has 1 aliphatic carbocycles. The van der Waals surface area contributed by atoms with E-state index in [-0.39, 0.29) is 6.54 Å². The third kappa shape index (κ3) is 1.89. The summed E-state index contributed by atoms with van der Waals surface area (Å²) in [6, 6.07) is 0. The van der Waals surface area contributed by atoms with Crippen molar-refractivity contribution >= 4 is 11.9 Å². The predicted octanol–water partition coefficient (Wildman–Crippen LogP) is 1.35. The van der Waals surface area contributed by atoms with Crippen LogP contribution < -0.4 is 0 Å². The number of amides is 1. The number of nitrogens with zero attached hydrogens (tertiary/aromatic N) is 1. The number of carboxylic acid groups (broad SMARTS) is 1. The van der Waals surface area contributed by atoms with Crippen LogP contribution in [0.1, 0.15) is 26.2 Å². The van der Waals surface area contributed by atoms with Crippen LogP contribution in [0.2, 0.25) is 0 Å². The Kier molecular flexibility index (Phi) is 2.63. The van der Waals surface area contributed by atoms with E-state index in [0.717, 1.165) is 0 Å². The first kappa shape index (κ1) is 12.3. The number of piperidine rings is 1. The lowest BCUT2D eigenvalue weighted by molar-refractivity contribution is -0.148. The van der Waals surface area contributed by atoms with Crippen molar-refractivity contribution in [1.29, 1.82) is 0 Å². The third-order valence-electron chi connectivity index (χ3n) is 3.79. The molecule has 4 nitrogen and oxygen atoms in total. The van der Waals surface area contributed by atoms with Gasteiger partial charge in [-0.1, -0.05) is 0 Å². The van der Waals surface area contributed by atoms with Gasteiger partial charge in [-0.3, -0.25) is 9.59 Å². The first-order valence-electron chi connectivity index (χ1n) is 5.68. The summed E-state index contributed by atoms with van der Waals surface area (Å²) < 4.78 is 26.2. The Bertz CT molecular complexity index is 372. The van der Waals surface area contributed by atoms with Gasteiger partial charge in [0.15, 0.2) is 0 Å². The van der Waals surface area contributed by atoms with Crippen LogP contribution in [0.3, 0.4) is 0 Å². The molecule has 1 amide bonds. The van der Waals surface area contributed by atoms with E-state index in [2.05, 4.69) is 0 Å². The summed E-state index contributed by atoms with van der Waals surface area (Å²) in [6.07, 6.45) is 0.643. The second-order valence-electron chi connectivity index (χ2n) is 5.14. The molecule has 1 aliphatic heterocycles. The lowest BCUT2D eigenvalue weighted by atomic mass is 9.96. The summed E-state index contributed by atoms with van der Waals surface area (Å²) >= 11 is 0. The number of carbonyl (C=O) groups excluding carboxylic acids is 1. The lowest BCUT2D eigenvalue weighted by Gasteiger charge is -2.32. The largest absolute Gasteiger partial charge is 0.481 e. The number of carboxylic acids is 1. The summed E-state index contributed by atoms with van der Waals surface area (Å²) in [5, 5.41) is 8.87. The number of hydrogen-bond acceptors (Lipinski definition) is 2. The molecular weight excluding hydrogens is 232 g/mol. The van der Waals surface area contributed by atoms with Crippen molar-refractivity contribution in [3.8, 4) is 0 Å². The molecule has 1 saturated carbocycles. The highest BCUT2D eigenvalue weighted by atomic mass is 19.3. The predicted molar refractivity (Wildman–Crippen MR) is 54.6 cm³/mol. The molecule has 0 spiro atoms. The van der Waals surface area contributed by atoms with E-state index in [9.17, 15) is 18.4 Å². The normalized spacial score (nSPS) is 35.5. The number of aliphatic carboxylic acids is 1. The van der Waals surface area contributed by atoms with Crippen LogP contribution in [0.5, 0.6) is 0 Å². The second kappa shape index (κ2) is 3.65. The molecule has 1 N–H and O–H groups in total. The molecule has 2 rings (SSSR count). The van der Waals surface area contributed by atoms with E-state index >= 15 is 0 Å². The van der Waals surface area contributed by atoms with E-state index in [0.29, 0.717) is 19.4 Å². The summed E-state index contributed by atoms with van der Waals surface area (Å²) in [6.45, 7) is 1.69. The van der Waals surface area contributed by atoms with Gasteiger partial charge in [0.1, 0.15) is 5.41 Å². The average Bonchev–Trinajstić information content (AvgIpc) is 2.78. The Hall–Kier alpha value is -1.20. The molecule has 0 aromatic carbocycles. The van der Waals surface area contributed by atoms with Gasteiger partial charge in [-0.15, -0.1) is 0 Å². The van der Waals surface area contributed by atoms with E-state index in [1.54, 1.807) is 0 Å². The fourth-order valence-corrected chi connectivity index (χ4v) is 2.34. The molecular formula is C11H15F2NO3. The van der Waals surface area contributed by atoms with Crippen molar-refractivity contribution in [1.82, 2.24) is 4.90 Å². The van der Waals surface area contributed by atoms with Crippen molar-refractivity contribution in [2.24, 2.45) is 11.3 Å². The van der Waals surface area contributed by atoms with Gasteiger partial charge in [0.25, 0.3) is 5.92 Å². The van der Waals surface area contributed by atoms with Crippen molar-refractivity contribution in [2.75, 3.05) is 13.1 Å². The highest BCUT2D eigenvalue weighted by Gasteiger charge is 2.73. The average molecular weight is 247 g/mol. The fraction of sp³-hybridized carbons (Fsp3) is 0.818. The fourth-order valence-electron chi connectivity index (χ4n) is 2.34. The minimum Gasteiger partial charge on any atom is -0.481 e. The number of halogens is 2. The number of hydrogen-bond donors (Lipinski definition) is 1. The standard InChI is InChI=1S/C11H15F2NO3/c1-10(6-11(10,12)13)9(17)14-4-2-3-7(5-14)8(15)16/h7H,2-6H2,1H3,(H,15,16). The molecule has 0 aromatic heterocycles. The molecule has 1 heterocycles. The molecule has 17 heavy (non-hydrogen) atoms. The Morgan fingerprint density at radius 1 is 1.41 bits per heavy atom. The minimum atomic E-state index is -2.93. The maximum absolute atomic E-state index is 13.1. The van der Waals surface area contributed by atoms with Gasteiger partial charge in [-0.05, 0) is 19.8 Å². The zero-order valence-electron chi connectivity index (χ0n) is 9.58. The van der Waals surface area contributed by atoms with Crippen molar-refractivity contribution in [3.05, 3.63) is 0 Å². The Labute approximate surface area is 97.6 Å². The molecule has 2 fully saturated rings. The van der Waals surface area contributed by atoms with E-state index in [1.165, 1.54) is 11.8 Å². The van der Waals surface area contributed by atoms with E-state index in [1.807, 2.05) is 0 Å². The Balaban J connectivity index is 2.04. The van der Waals surface area contributed by atoms with E-state index < -0.39 is 35.6 Å². The molecule has 2 atom stereocenters. The Morgan fingerprint density at radius 2 is 2.00 bits per heavy atom. The van der Waals surface area contributed by atoms with E-state index in [4.69, 9.17) is 5.11 Å². The lowest BCUT2D eigenvalue weighted by Crippen LogP contribution is -2.46. The quantitative estimate of drug-likeness (QED) is 0.801. The van der Waals surface area contributed by atoms with Crippen LogP contribution in [0.4, 0.5) is 8.78 Å². The smallest absolute Gasteiger partial charge is 0.308 e. The summed E-state index contributed by atoms with van der Waals surface area (Å²) in [7, 11) is 0. The number of alkyl halides is 2. The maximum atomic E-state index is 13.1. The van der Waals surface area contributed by atoms with Crippen LogP contribution in [0, 0.1) is 11.3 Å². The molecule has 0 radical (unpaired) electrons. The van der Waals surface area contributed by atoms with Crippen LogP contribution >= 0.6 is 0 Å². The molecule has 2 aliphatic rings. The van der Waals surface area contributed by atoms with Crippen LogP contribution in [-0.4, -0.2) is 40.9 Å². The van der Waals surface area contributed by atoms with Crippen LogP contribution in [0.15, 0.2) is 0 Å². The monoisotopic (exact) mass is 247 g/mol. The highest BCUT2D eigenvalue weighted by molar-refractivity contribution is 5.87. The minimum absolute atomic E-state index is 0.0554. The van der Waals surface area contributed by atoms with Crippen LogP contribution in [-0.2, 0) is 9.59 Å². The van der Waals surface area contributed by atoms with Gasteiger partial charge in [0.05, 0.1) is 5.92 Å². The molecule has 1 saturated heterocycles. The van der Waals surface area contributed by atoms with Crippen molar-refractivity contribution < 1.29 is 23.5 Å². The molecule has 0 aromatic rings. The first-order chi connectivity index (χ1) is 7.78. The van der Waals surface area contributed by atoms with Crippen molar-refractivity contribution in [3.63, 3.8) is 0 Å². The number of carbonyl (C=O) groups is 2. The highest BCUT2D eigenvalue weighted by Crippen LogP contribution is 2.61. The maximum Gasteiger partial charge on any atom is 0.308 e. The third-order valence-corrected chi connectivity index (χ3v) is 3.79. The van der Waals surface area contributed by atoms with Gasteiger partial charge in [-0.2, -0.15) is 0 Å². The van der Waals surface area contributed by atoms with Gasteiger partial charge >= 0.3 is 5.97 Å². The summed E-state index contributed by atoms with van der Waals surface area (Å²) in [5.41, 5.74) is -1.60. The molecule has 0 bridgehead atoms. The van der Waals surface area contributed by atoms with Gasteiger partial charge < -0.3 is 10.0 Å². The van der Waals surface area contributed by atoms with Gasteiger partial charge in [0, 0.05) is 19.5 Å². The number of likely N-dealkylation sites (tertiary alicyclic amines) is 1. The zero-order chi connectivity index (χ0) is 12.8. The first-order valence-corrected chi connectivity index (χ1v) is 5.68. The Morgan fingerprint density at radius 3 is 2.47 bits per heavy atom. The van der Waals surface area contributed by atoms with Crippen LogP contribution in [0.25, 0.3) is 0 Å². The summed E-state index contributed by atoms with van der Waals surface area (Å²) in [5.74, 6) is -5.12. The molecule has 2 unspecified atom stereocenters. The van der Waals surface area contributed by atoms with Crippen molar-refractivity contribution in [2.45, 2.75) is 32.1 Å². The number of rotatable bonds is 2. The van der Waals surface area contributed by atoms with Gasteiger partial charge in [-0.25, -0.2) is 8.78 Å². The zero-order valence-corrected chi connectivity index (χ0v) is 9.58.